The largest absolute Gasteiger partial charge is 0.314 e. The Morgan fingerprint density at radius 3 is 2.72 bits per heavy atom. The third-order valence-electron chi connectivity index (χ3n) is 3.50. The molecule has 100 valence electrons. The highest BCUT2D eigenvalue weighted by Crippen LogP contribution is 2.28. The summed E-state index contributed by atoms with van der Waals surface area (Å²) in [5.41, 5.74) is 0.868. The van der Waals surface area contributed by atoms with Gasteiger partial charge in [-0.15, -0.1) is 0 Å². The van der Waals surface area contributed by atoms with Gasteiger partial charge < -0.3 is 5.32 Å². The molecule has 2 rings (SSSR count). The first-order chi connectivity index (χ1) is 8.46. The molecule has 0 heterocycles. The van der Waals surface area contributed by atoms with Gasteiger partial charge >= 0.3 is 0 Å². The summed E-state index contributed by atoms with van der Waals surface area (Å²) in [5.74, 6) is -0.189. The molecule has 1 aliphatic rings. The van der Waals surface area contributed by atoms with E-state index in [9.17, 15) is 4.39 Å². The van der Waals surface area contributed by atoms with Gasteiger partial charge in [-0.25, -0.2) is 4.39 Å². The van der Waals surface area contributed by atoms with Crippen molar-refractivity contribution in [2.24, 2.45) is 5.41 Å². The second kappa shape index (κ2) is 5.58. The Hall–Kier alpha value is -0.600. The molecule has 18 heavy (non-hydrogen) atoms. The molecule has 1 aliphatic carbocycles. The van der Waals surface area contributed by atoms with E-state index in [0.717, 1.165) is 31.0 Å². The fraction of sp³-hybridized carbons (Fsp3) is 0.600. The molecule has 1 nitrogen and oxygen atoms in total. The minimum atomic E-state index is -0.189. The average molecular weight is 270 g/mol. The first-order valence-corrected chi connectivity index (χ1v) is 7.01. The van der Waals surface area contributed by atoms with E-state index in [1.807, 2.05) is 0 Å². The molecule has 1 N–H and O–H groups in total. The van der Waals surface area contributed by atoms with E-state index >= 15 is 0 Å². The second-order valence-electron chi connectivity index (χ2n) is 6.06. The molecule has 0 saturated heterocycles. The Balaban J connectivity index is 1.88. The van der Waals surface area contributed by atoms with Crippen molar-refractivity contribution in [1.29, 1.82) is 0 Å². The predicted molar refractivity (Wildman–Crippen MR) is 74.5 cm³/mol. The lowest BCUT2D eigenvalue weighted by Gasteiger charge is -2.25. The molecular formula is C15H21ClFN. The van der Waals surface area contributed by atoms with E-state index in [1.54, 1.807) is 12.1 Å². The number of nitrogens with one attached hydrogen (secondary N) is 1. The standard InChI is InChI=1S/C15H21ClFN/c1-15(2,7-8-18-13-5-6-13)10-11-3-4-12(16)9-14(11)17/h3-4,9,13,18H,5-8,10H2,1-2H3. The van der Waals surface area contributed by atoms with Crippen molar-refractivity contribution in [2.75, 3.05) is 6.54 Å². The molecule has 1 fully saturated rings. The maximum atomic E-state index is 13.7. The molecular weight excluding hydrogens is 249 g/mol. The van der Waals surface area contributed by atoms with E-state index in [0.29, 0.717) is 5.02 Å². The maximum absolute atomic E-state index is 13.7. The van der Waals surface area contributed by atoms with Crippen LogP contribution in [-0.2, 0) is 6.42 Å². The lowest BCUT2D eigenvalue weighted by Crippen LogP contribution is -2.25. The van der Waals surface area contributed by atoms with E-state index < -0.39 is 0 Å². The molecule has 3 heteroatoms. The van der Waals surface area contributed by atoms with Gasteiger partial charge in [0.15, 0.2) is 0 Å². The van der Waals surface area contributed by atoms with Crippen LogP contribution in [-0.4, -0.2) is 12.6 Å². The number of benzene rings is 1. The van der Waals surface area contributed by atoms with Crippen molar-refractivity contribution in [2.45, 2.75) is 45.6 Å². The first-order valence-electron chi connectivity index (χ1n) is 6.64. The molecule has 0 amide bonds. The molecule has 0 bridgehead atoms. The monoisotopic (exact) mass is 269 g/mol. The van der Waals surface area contributed by atoms with Crippen molar-refractivity contribution < 1.29 is 4.39 Å². The van der Waals surface area contributed by atoms with Crippen LogP contribution < -0.4 is 5.32 Å². The lowest BCUT2D eigenvalue weighted by molar-refractivity contribution is 0.320. The molecule has 1 saturated carbocycles. The van der Waals surface area contributed by atoms with Gasteiger partial charge in [-0.2, -0.15) is 0 Å². The van der Waals surface area contributed by atoms with Crippen molar-refractivity contribution in [1.82, 2.24) is 5.32 Å². The van der Waals surface area contributed by atoms with Crippen LogP contribution >= 0.6 is 11.6 Å². The van der Waals surface area contributed by atoms with Gasteiger partial charge in [-0.3, -0.25) is 0 Å². The highest BCUT2D eigenvalue weighted by atomic mass is 35.5. The Kier molecular flexibility index (Phi) is 4.29. The van der Waals surface area contributed by atoms with Gasteiger partial charge in [-0.05, 0) is 55.3 Å². The van der Waals surface area contributed by atoms with Gasteiger partial charge in [0, 0.05) is 11.1 Å². The molecule has 0 spiro atoms. The van der Waals surface area contributed by atoms with Crippen LogP contribution in [0.1, 0.15) is 38.7 Å². The summed E-state index contributed by atoms with van der Waals surface area (Å²) in [6.07, 6.45) is 4.44. The van der Waals surface area contributed by atoms with Gasteiger partial charge in [0.25, 0.3) is 0 Å². The molecule has 0 aliphatic heterocycles. The third-order valence-corrected chi connectivity index (χ3v) is 3.73. The van der Waals surface area contributed by atoms with Crippen LogP contribution in [0.5, 0.6) is 0 Å². The summed E-state index contributed by atoms with van der Waals surface area (Å²) in [6, 6.07) is 5.70. The normalized spacial score (nSPS) is 16.0. The maximum Gasteiger partial charge on any atom is 0.127 e. The number of rotatable bonds is 6. The van der Waals surface area contributed by atoms with Gasteiger partial charge in [0.1, 0.15) is 5.82 Å². The Morgan fingerprint density at radius 1 is 1.39 bits per heavy atom. The average Bonchev–Trinajstić information content (AvgIpc) is 3.06. The van der Waals surface area contributed by atoms with Crippen LogP contribution in [0, 0.1) is 11.2 Å². The summed E-state index contributed by atoms with van der Waals surface area (Å²) in [5, 5.41) is 3.97. The van der Waals surface area contributed by atoms with Crippen LogP contribution in [0.25, 0.3) is 0 Å². The van der Waals surface area contributed by atoms with E-state index in [-0.39, 0.29) is 11.2 Å². The quantitative estimate of drug-likeness (QED) is 0.817. The Morgan fingerprint density at radius 2 is 2.11 bits per heavy atom. The first kappa shape index (κ1) is 13.8. The minimum Gasteiger partial charge on any atom is -0.314 e. The molecule has 1 aromatic rings. The van der Waals surface area contributed by atoms with Crippen LogP contribution in [0.4, 0.5) is 4.39 Å². The summed E-state index contributed by atoms with van der Waals surface area (Å²) in [4.78, 5) is 0. The molecule has 0 atom stereocenters. The molecule has 0 unspecified atom stereocenters. The number of halogens is 2. The highest BCUT2D eigenvalue weighted by Gasteiger charge is 2.23. The Labute approximate surface area is 114 Å². The summed E-state index contributed by atoms with van der Waals surface area (Å²) >= 11 is 5.76. The van der Waals surface area contributed by atoms with Crippen molar-refractivity contribution >= 4 is 11.6 Å². The van der Waals surface area contributed by atoms with E-state index in [1.165, 1.54) is 18.9 Å². The smallest absolute Gasteiger partial charge is 0.127 e. The zero-order valence-electron chi connectivity index (χ0n) is 11.1. The number of hydrogen-bond acceptors (Lipinski definition) is 1. The lowest BCUT2D eigenvalue weighted by atomic mass is 9.82. The molecule has 0 radical (unpaired) electrons. The zero-order valence-corrected chi connectivity index (χ0v) is 11.9. The minimum absolute atomic E-state index is 0.108. The summed E-state index contributed by atoms with van der Waals surface area (Å²) in [7, 11) is 0. The SMILES string of the molecule is CC(C)(CCNC1CC1)Cc1ccc(Cl)cc1F. The fourth-order valence-electron chi connectivity index (χ4n) is 2.17. The zero-order chi connectivity index (χ0) is 13.2. The Bertz CT molecular complexity index is 413. The van der Waals surface area contributed by atoms with Crippen molar-refractivity contribution in [3.05, 3.63) is 34.6 Å². The van der Waals surface area contributed by atoms with Gasteiger partial charge in [0.05, 0.1) is 0 Å². The van der Waals surface area contributed by atoms with Crippen LogP contribution in [0.3, 0.4) is 0 Å². The third kappa shape index (κ3) is 4.25. The highest BCUT2D eigenvalue weighted by molar-refractivity contribution is 6.30. The fourth-order valence-corrected chi connectivity index (χ4v) is 2.33. The molecule has 0 aromatic heterocycles. The molecule has 1 aromatic carbocycles. The van der Waals surface area contributed by atoms with Gasteiger partial charge in [0.2, 0.25) is 0 Å². The summed E-state index contributed by atoms with van der Waals surface area (Å²) in [6.45, 7) is 5.40. The van der Waals surface area contributed by atoms with Crippen LogP contribution in [0.2, 0.25) is 5.02 Å². The van der Waals surface area contributed by atoms with E-state index in [2.05, 4.69) is 19.2 Å². The number of hydrogen-bond donors (Lipinski definition) is 1. The van der Waals surface area contributed by atoms with E-state index in [4.69, 9.17) is 11.6 Å². The predicted octanol–water partition coefficient (Wildman–Crippen LogP) is 4.19. The van der Waals surface area contributed by atoms with Crippen LogP contribution in [0.15, 0.2) is 18.2 Å². The van der Waals surface area contributed by atoms with Crippen molar-refractivity contribution in [3.63, 3.8) is 0 Å². The van der Waals surface area contributed by atoms with Gasteiger partial charge in [-0.1, -0.05) is 31.5 Å². The summed E-state index contributed by atoms with van der Waals surface area (Å²) < 4.78 is 13.7. The van der Waals surface area contributed by atoms with Crippen molar-refractivity contribution in [3.8, 4) is 0 Å². The second-order valence-corrected chi connectivity index (χ2v) is 6.49. The topological polar surface area (TPSA) is 12.0 Å².